The van der Waals surface area contributed by atoms with E-state index in [1.54, 1.807) is 42.5 Å². The van der Waals surface area contributed by atoms with Crippen LogP contribution in [0.1, 0.15) is 27.5 Å². The Balaban J connectivity index is 1.89. The Hall–Kier alpha value is -3.99. The van der Waals surface area contributed by atoms with E-state index in [0.29, 0.717) is 16.7 Å². The number of fused-ring (bicyclic) bond motifs is 1. The summed E-state index contributed by atoms with van der Waals surface area (Å²) in [5.74, 6) is 0.0711. The van der Waals surface area contributed by atoms with Crippen LogP contribution in [0, 0.1) is 0 Å². The summed E-state index contributed by atoms with van der Waals surface area (Å²) in [6.07, 6.45) is 0. The predicted molar refractivity (Wildman–Crippen MR) is 116 cm³/mol. The molecule has 0 saturated carbocycles. The number of phenols is 2. The third-order valence-corrected chi connectivity index (χ3v) is 5.08. The van der Waals surface area contributed by atoms with Gasteiger partial charge >= 0.3 is 0 Å². The normalized spacial score (nSPS) is 11.8. The van der Waals surface area contributed by atoms with Crippen molar-refractivity contribution >= 4 is 16.7 Å². The summed E-state index contributed by atoms with van der Waals surface area (Å²) in [4.78, 5) is 13.0. The van der Waals surface area contributed by atoms with Gasteiger partial charge in [0.25, 0.3) is 5.91 Å². The van der Waals surface area contributed by atoms with E-state index in [2.05, 4.69) is 5.32 Å². The zero-order chi connectivity index (χ0) is 21.1. The van der Waals surface area contributed by atoms with Crippen LogP contribution in [0.25, 0.3) is 10.8 Å². The lowest BCUT2D eigenvalue weighted by Gasteiger charge is -2.23. The summed E-state index contributed by atoms with van der Waals surface area (Å²) in [7, 11) is 1.46. The third kappa shape index (κ3) is 3.65. The number of ether oxygens (including phenoxy) is 1. The van der Waals surface area contributed by atoms with E-state index in [1.165, 1.54) is 13.2 Å². The second-order valence-corrected chi connectivity index (χ2v) is 6.92. The van der Waals surface area contributed by atoms with Crippen LogP contribution < -0.4 is 10.1 Å². The third-order valence-electron chi connectivity index (χ3n) is 5.08. The van der Waals surface area contributed by atoms with Crippen molar-refractivity contribution in [2.75, 3.05) is 7.11 Å². The zero-order valence-corrected chi connectivity index (χ0v) is 16.4. The minimum atomic E-state index is -0.668. The number of amides is 1. The Bertz CT molecular complexity index is 1200. The Labute approximate surface area is 174 Å². The zero-order valence-electron chi connectivity index (χ0n) is 16.4. The molecule has 150 valence electrons. The van der Waals surface area contributed by atoms with E-state index in [-0.39, 0.29) is 23.2 Å². The second-order valence-electron chi connectivity index (χ2n) is 6.92. The van der Waals surface area contributed by atoms with E-state index in [4.69, 9.17) is 4.74 Å². The van der Waals surface area contributed by atoms with Crippen LogP contribution in [-0.2, 0) is 0 Å². The monoisotopic (exact) mass is 399 g/mol. The number of phenolic OH excluding ortho intramolecular Hbond substituents is 2. The largest absolute Gasteiger partial charge is 0.508 e. The first-order valence-electron chi connectivity index (χ1n) is 9.52. The maximum Gasteiger partial charge on any atom is 0.252 e. The highest BCUT2D eigenvalue weighted by molar-refractivity contribution is 5.96. The summed E-state index contributed by atoms with van der Waals surface area (Å²) in [5, 5.41) is 25.6. The highest BCUT2D eigenvalue weighted by atomic mass is 16.5. The first-order chi connectivity index (χ1) is 14.6. The van der Waals surface area contributed by atoms with Crippen molar-refractivity contribution in [3.63, 3.8) is 0 Å². The van der Waals surface area contributed by atoms with Gasteiger partial charge in [0, 0.05) is 11.1 Å². The van der Waals surface area contributed by atoms with Crippen LogP contribution in [0.15, 0.2) is 84.9 Å². The van der Waals surface area contributed by atoms with Crippen LogP contribution in [0.5, 0.6) is 17.2 Å². The molecular weight excluding hydrogens is 378 g/mol. The molecule has 0 aliphatic carbocycles. The molecule has 5 nitrogen and oxygen atoms in total. The first-order valence-corrected chi connectivity index (χ1v) is 9.52. The summed E-state index contributed by atoms with van der Waals surface area (Å²) >= 11 is 0. The molecule has 0 aromatic heterocycles. The van der Waals surface area contributed by atoms with Crippen molar-refractivity contribution in [1.82, 2.24) is 5.32 Å². The number of hydrogen-bond donors (Lipinski definition) is 3. The first kappa shape index (κ1) is 19.3. The van der Waals surface area contributed by atoms with E-state index in [9.17, 15) is 15.0 Å². The number of benzene rings is 4. The fraction of sp³-hybridized carbons (Fsp3) is 0.0800. The topological polar surface area (TPSA) is 78.8 Å². The predicted octanol–water partition coefficient (Wildman–Crippen LogP) is 4.78. The van der Waals surface area contributed by atoms with E-state index in [1.807, 2.05) is 36.4 Å². The fourth-order valence-corrected chi connectivity index (χ4v) is 3.59. The van der Waals surface area contributed by atoms with Gasteiger partial charge in [0.05, 0.1) is 13.2 Å². The van der Waals surface area contributed by atoms with Gasteiger partial charge in [-0.15, -0.1) is 0 Å². The molecule has 1 atom stereocenters. The number of carbonyl (C=O) groups excluding carboxylic acids is 1. The van der Waals surface area contributed by atoms with Crippen molar-refractivity contribution in [2.24, 2.45) is 0 Å². The fourth-order valence-electron chi connectivity index (χ4n) is 3.59. The Morgan fingerprint density at radius 1 is 0.867 bits per heavy atom. The molecule has 0 saturated heterocycles. The van der Waals surface area contributed by atoms with Gasteiger partial charge in [0.2, 0.25) is 0 Å². The number of methoxy groups -OCH3 is 1. The van der Waals surface area contributed by atoms with Gasteiger partial charge in [-0.05, 0) is 46.7 Å². The molecule has 1 amide bonds. The lowest BCUT2D eigenvalue weighted by atomic mass is 9.92. The molecule has 0 radical (unpaired) electrons. The molecule has 0 bridgehead atoms. The van der Waals surface area contributed by atoms with Crippen LogP contribution in [0.2, 0.25) is 0 Å². The van der Waals surface area contributed by atoms with Gasteiger partial charge in [0.15, 0.2) is 11.5 Å². The number of hydrogen-bond acceptors (Lipinski definition) is 4. The van der Waals surface area contributed by atoms with Gasteiger partial charge < -0.3 is 20.3 Å². The molecule has 4 aromatic rings. The Morgan fingerprint density at radius 3 is 2.33 bits per heavy atom. The maximum atomic E-state index is 13.0. The average molecular weight is 399 g/mol. The minimum Gasteiger partial charge on any atom is -0.508 e. The Kier molecular flexibility index (Phi) is 5.26. The molecule has 1 unspecified atom stereocenters. The molecule has 0 aliphatic heterocycles. The molecule has 0 fully saturated rings. The standard InChI is InChI=1S/C25H21NO4/c1-30-22-15-18(12-13-20(22)27)24(26-25(29)17-8-3-2-4-9-17)23-19-10-6-5-7-16(19)11-14-21(23)28/h2-15,24,27-28H,1H3,(H,26,29). The van der Waals surface area contributed by atoms with Gasteiger partial charge in [-0.1, -0.05) is 54.6 Å². The summed E-state index contributed by atoms with van der Waals surface area (Å²) in [6.45, 7) is 0. The van der Waals surface area contributed by atoms with Crippen molar-refractivity contribution in [2.45, 2.75) is 6.04 Å². The molecule has 3 N–H and O–H groups in total. The van der Waals surface area contributed by atoms with Crippen molar-refractivity contribution in [1.29, 1.82) is 0 Å². The van der Waals surface area contributed by atoms with Gasteiger partial charge in [-0.25, -0.2) is 0 Å². The molecule has 0 aliphatic rings. The molecule has 0 heterocycles. The van der Waals surface area contributed by atoms with E-state index in [0.717, 1.165) is 10.8 Å². The highest BCUT2D eigenvalue weighted by Gasteiger charge is 2.24. The number of carbonyl (C=O) groups is 1. The van der Waals surface area contributed by atoms with Crippen LogP contribution in [-0.4, -0.2) is 23.2 Å². The number of rotatable bonds is 5. The number of nitrogens with one attached hydrogen (secondary N) is 1. The summed E-state index contributed by atoms with van der Waals surface area (Å²) in [6, 6.07) is 24.2. The quantitative estimate of drug-likeness (QED) is 0.451. The molecular formula is C25H21NO4. The van der Waals surface area contributed by atoms with Gasteiger partial charge in [-0.3, -0.25) is 4.79 Å². The molecule has 30 heavy (non-hydrogen) atoms. The smallest absolute Gasteiger partial charge is 0.252 e. The van der Waals surface area contributed by atoms with E-state index < -0.39 is 6.04 Å². The van der Waals surface area contributed by atoms with Crippen LogP contribution in [0.4, 0.5) is 0 Å². The van der Waals surface area contributed by atoms with Crippen molar-refractivity contribution in [3.05, 3.63) is 102 Å². The minimum absolute atomic E-state index is 0.00322. The number of aromatic hydroxyl groups is 2. The van der Waals surface area contributed by atoms with Crippen LogP contribution >= 0.6 is 0 Å². The highest BCUT2D eigenvalue weighted by Crippen LogP contribution is 2.38. The lowest BCUT2D eigenvalue weighted by molar-refractivity contribution is 0.0943. The summed E-state index contributed by atoms with van der Waals surface area (Å²) < 4.78 is 5.25. The average Bonchev–Trinajstić information content (AvgIpc) is 2.79. The SMILES string of the molecule is COc1cc(C(NC(=O)c2ccccc2)c2c(O)ccc3ccccc23)ccc1O. The molecule has 4 aromatic carbocycles. The molecule has 5 heteroatoms. The summed E-state index contributed by atoms with van der Waals surface area (Å²) in [5.41, 5.74) is 1.75. The maximum absolute atomic E-state index is 13.0. The molecule has 4 rings (SSSR count). The van der Waals surface area contributed by atoms with Crippen molar-refractivity contribution < 1.29 is 19.7 Å². The van der Waals surface area contributed by atoms with E-state index >= 15 is 0 Å². The molecule has 0 spiro atoms. The Morgan fingerprint density at radius 2 is 1.57 bits per heavy atom. The van der Waals surface area contributed by atoms with Crippen LogP contribution in [0.3, 0.4) is 0 Å². The second kappa shape index (κ2) is 8.17. The lowest BCUT2D eigenvalue weighted by Crippen LogP contribution is -2.29. The van der Waals surface area contributed by atoms with Crippen molar-refractivity contribution in [3.8, 4) is 17.2 Å². The van der Waals surface area contributed by atoms with Gasteiger partial charge in [-0.2, -0.15) is 0 Å². The van der Waals surface area contributed by atoms with Gasteiger partial charge in [0.1, 0.15) is 5.75 Å².